The lowest BCUT2D eigenvalue weighted by Crippen LogP contribution is -2.09. The Kier molecular flexibility index (Phi) is 2.93. The quantitative estimate of drug-likeness (QED) is 0.623. The zero-order valence-corrected chi connectivity index (χ0v) is 9.59. The molecule has 3 nitrogen and oxygen atoms in total. The number of benzene rings is 1. The first-order valence-corrected chi connectivity index (χ1v) is 5.19. The van der Waals surface area contributed by atoms with Crippen molar-refractivity contribution in [2.75, 3.05) is 5.43 Å². The van der Waals surface area contributed by atoms with E-state index in [0.29, 0.717) is 11.2 Å². The summed E-state index contributed by atoms with van der Waals surface area (Å²) < 4.78 is 25.4. The Morgan fingerprint density at radius 1 is 1.24 bits per heavy atom. The number of aryl methyl sites for hydroxylation is 2. The van der Waals surface area contributed by atoms with E-state index in [1.165, 1.54) is 6.07 Å². The second kappa shape index (κ2) is 4.25. The SMILES string of the molecule is Cc1cc(C)c2c(NN)cc(C(F)F)nc2c1. The van der Waals surface area contributed by atoms with Crippen molar-refractivity contribution in [1.82, 2.24) is 4.98 Å². The molecule has 2 aromatic rings. The molecule has 1 heterocycles. The highest BCUT2D eigenvalue weighted by molar-refractivity contribution is 5.94. The van der Waals surface area contributed by atoms with Crippen molar-refractivity contribution in [2.24, 2.45) is 5.84 Å². The largest absolute Gasteiger partial charge is 0.323 e. The predicted octanol–water partition coefficient (Wildman–Crippen LogP) is 3.07. The number of nitrogens with zero attached hydrogens (tertiary/aromatic N) is 1. The van der Waals surface area contributed by atoms with E-state index in [4.69, 9.17) is 5.84 Å². The van der Waals surface area contributed by atoms with Crippen LogP contribution in [-0.2, 0) is 0 Å². The third-order valence-electron chi connectivity index (χ3n) is 2.65. The molecule has 0 fully saturated rings. The van der Waals surface area contributed by atoms with Crippen molar-refractivity contribution in [2.45, 2.75) is 20.3 Å². The van der Waals surface area contributed by atoms with E-state index in [2.05, 4.69) is 10.4 Å². The Labute approximate surface area is 97.6 Å². The van der Waals surface area contributed by atoms with E-state index < -0.39 is 6.43 Å². The molecule has 1 aromatic heterocycles. The number of alkyl halides is 2. The lowest BCUT2D eigenvalue weighted by atomic mass is 10.0. The zero-order chi connectivity index (χ0) is 12.6. The summed E-state index contributed by atoms with van der Waals surface area (Å²) in [4.78, 5) is 3.96. The highest BCUT2D eigenvalue weighted by Gasteiger charge is 2.14. The van der Waals surface area contributed by atoms with Crippen LogP contribution in [0.25, 0.3) is 10.9 Å². The van der Waals surface area contributed by atoms with Gasteiger partial charge in [-0.25, -0.2) is 13.8 Å². The molecule has 0 aliphatic rings. The van der Waals surface area contributed by atoms with Crippen LogP contribution in [-0.4, -0.2) is 4.98 Å². The summed E-state index contributed by atoms with van der Waals surface area (Å²) in [5, 5.41) is 0.780. The van der Waals surface area contributed by atoms with Crippen LogP contribution in [0, 0.1) is 13.8 Å². The van der Waals surface area contributed by atoms with E-state index >= 15 is 0 Å². The number of halogens is 2. The second-order valence-corrected chi connectivity index (χ2v) is 4.02. The van der Waals surface area contributed by atoms with Crippen LogP contribution in [0.4, 0.5) is 14.5 Å². The van der Waals surface area contributed by atoms with Gasteiger partial charge in [0, 0.05) is 5.39 Å². The van der Waals surface area contributed by atoms with E-state index in [-0.39, 0.29) is 5.69 Å². The number of nitrogens with one attached hydrogen (secondary N) is 1. The summed E-state index contributed by atoms with van der Waals surface area (Å²) >= 11 is 0. The predicted molar refractivity (Wildman–Crippen MR) is 64.0 cm³/mol. The van der Waals surface area contributed by atoms with Crippen molar-refractivity contribution in [3.05, 3.63) is 35.0 Å². The molecule has 17 heavy (non-hydrogen) atoms. The molecule has 90 valence electrons. The molecular weight excluding hydrogens is 224 g/mol. The number of anilines is 1. The van der Waals surface area contributed by atoms with Crippen LogP contribution < -0.4 is 11.3 Å². The van der Waals surface area contributed by atoms with E-state index in [1.807, 2.05) is 19.9 Å². The molecule has 0 saturated carbocycles. The van der Waals surface area contributed by atoms with Crippen LogP contribution in [0.1, 0.15) is 23.2 Å². The van der Waals surface area contributed by atoms with Gasteiger partial charge in [0.2, 0.25) is 0 Å². The van der Waals surface area contributed by atoms with Gasteiger partial charge in [0.05, 0.1) is 11.2 Å². The van der Waals surface area contributed by atoms with Crippen molar-refractivity contribution in [3.8, 4) is 0 Å². The lowest BCUT2D eigenvalue weighted by Gasteiger charge is -2.11. The molecule has 0 unspecified atom stereocenters. The molecule has 0 radical (unpaired) electrons. The molecule has 0 bridgehead atoms. The fraction of sp³-hybridized carbons (Fsp3) is 0.250. The maximum Gasteiger partial charge on any atom is 0.280 e. The number of hydrogen-bond donors (Lipinski definition) is 2. The molecule has 0 saturated heterocycles. The number of aromatic nitrogens is 1. The number of hydrogen-bond acceptors (Lipinski definition) is 3. The molecule has 0 aliphatic carbocycles. The summed E-state index contributed by atoms with van der Waals surface area (Å²) in [5.74, 6) is 5.37. The number of rotatable bonds is 2. The van der Waals surface area contributed by atoms with Crippen molar-refractivity contribution in [3.63, 3.8) is 0 Å². The van der Waals surface area contributed by atoms with Crippen LogP contribution >= 0.6 is 0 Å². The summed E-state index contributed by atoms with van der Waals surface area (Å²) in [6.07, 6.45) is -2.60. The number of pyridine rings is 1. The Bertz CT molecular complexity index is 567. The number of nitrogen functional groups attached to an aromatic ring is 1. The van der Waals surface area contributed by atoms with Gasteiger partial charge in [0.1, 0.15) is 5.69 Å². The maximum absolute atomic E-state index is 12.7. The minimum atomic E-state index is -2.60. The average molecular weight is 237 g/mol. The van der Waals surface area contributed by atoms with Gasteiger partial charge in [-0.05, 0) is 37.1 Å². The van der Waals surface area contributed by atoms with Gasteiger partial charge >= 0.3 is 0 Å². The Morgan fingerprint density at radius 2 is 1.94 bits per heavy atom. The minimum absolute atomic E-state index is 0.268. The summed E-state index contributed by atoms with van der Waals surface area (Å²) in [7, 11) is 0. The Hall–Kier alpha value is -1.75. The summed E-state index contributed by atoms with van der Waals surface area (Å²) in [5.41, 5.74) is 5.14. The van der Waals surface area contributed by atoms with Gasteiger partial charge in [0.25, 0.3) is 6.43 Å². The number of hydrazine groups is 1. The molecule has 0 aliphatic heterocycles. The first-order valence-electron chi connectivity index (χ1n) is 5.19. The molecule has 0 atom stereocenters. The average Bonchev–Trinajstić information content (AvgIpc) is 2.26. The van der Waals surface area contributed by atoms with Crippen molar-refractivity contribution < 1.29 is 8.78 Å². The first kappa shape index (κ1) is 11.7. The number of fused-ring (bicyclic) bond motifs is 1. The van der Waals surface area contributed by atoms with Crippen molar-refractivity contribution >= 4 is 16.6 Å². The Morgan fingerprint density at radius 3 is 2.53 bits per heavy atom. The second-order valence-electron chi connectivity index (χ2n) is 4.02. The van der Waals surface area contributed by atoms with Gasteiger partial charge in [-0.2, -0.15) is 0 Å². The molecular formula is C12H13F2N3. The smallest absolute Gasteiger partial charge is 0.280 e. The maximum atomic E-state index is 12.7. The van der Waals surface area contributed by atoms with Gasteiger partial charge in [0.15, 0.2) is 0 Å². The molecule has 2 rings (SSSR count). The van der Waals surface area contributed by atoms with Gasteiger partial charge < -0.3 is 5.43 Å². The highest BCUT2D eigenvalue weighted by Crippen LogP contribution is 2.30. The summed E-state index contributed by atoms with van der Waals surface area (Å²) in [6, 6.07) is 5.03. The summed E-state index contributed by atoms with van der Waals surface area (Å²) in [6.45, 7) is 3.80. The van der Waals surface area contributed by atoms with Gasteiger partial charge in [-0.1, -0.05) is 6.07 Å². The Balaban J connectivity index is 2.82. The number of nitrogens with two attached hydrogens (primary N) is 1. The fourth-order valence-electron chi connectivity index (χ4n) is 2.00. The van der Waals surface area contributed by atoms with Crippen LogP contribution in [0.15, 0.2) is 18.2 Å². The molecule has 0 amide bonds. The minimum Gasteiger partial charge on any atom is -0.323 e. The first-order chi connectivity index (χ1) is 8.02. The third kappa shape index (κ3) is 2.06. The standard InChI is InChI=1S/C12H13F2N3/c1-6-3-7(2)11-8(4-6)16-10(12(13)14)5-9(11)17-15/h3-5,12H,15H2,1-2H3,(H,16,17). The lowest BCUT2D eigenvalue weighted by molar-refractivity contribution is 0.146. The normalized spacial score (nSPS) is 11.2. The van der Waals surface area contributed by atoms with E-state index in [1.54, 1.807) is 6.07 Å². The molecule has 0 spiro atoms. The van der Waals surface area contributed by atoms with Crippen LogP contribution in [0.5, 0.6) is 0 Å². The topological polar surface area (TPSA) is 50.9 Å². The highest BCUT2D eigenvalue weighted by atomic mass is 19.3. The molecule has 1 aromatic carbocycles. The van der Waals surface area contributed by atoms with Crippen LogP contribution in [0.2, 0.25) is 0 Å². The monoisotopic (exact) mass is 237 g/mol. The van der Waals surface area contributed by atoms with Crippen LogP contribution in [0.3, 0.4) is 0 Å². The molecule has 3 N–H and O–H groups in total. The third-order valence-corrected chi connectivity index (χ3v) is 2.65. The molecule has 5 heteroatoms. The fourth-order valence-corrected chi connectivity index (χ4v) is 2.00. The van der Waals surface area contributed by atoms with Gasteiger partial charge in [-0.15, -0.1) is 0 Å². The van der Waals surface area contributed by atoms with Crippen molar-refractivity contribution in [1.29, 1.82) is 0 Å². The van der Waals surface area contributed by atoms with E-state index in [0.717, 1.165) is 16.5 Å². The zero-order valence-electron chi connectivity index (χ0n) is 9.59. The van der Waals surface area contributed by atoms with Gasteiger partial charge in [-0.3, -0.25) is 5.84 Å². The van der Waals surface area contributed by atoms with E-state index in [9.17, 15) is 8.78 Å².